The molecule has 3 nitrogen and oxygen atoms in total. The fourth-order valence-electron chi connectivity index (χ4n) is 3.37. The maximum absolute atomic E-state index is 4.24. The summed E-state index contributed by atoms with van der Waals surface area (Å²) in [6.45, 7) is 7.31. The zero-order chi connectivity index (χ0) is 12.4. The maximum Gasteiger partial charge on any atom is 0.0336 e. The van der Waals surface area contributed by atoms with Crippen LogP contribution in [-0.4, -0.2) is 47.0 Å². The minimum Gasteiger partial charge on any atom is -0.298 e. The third-order valence-electron chi connectivity index (χ3n) is 4.58. The van der Waals surface area contributed by atoms with E-state index in [2.05, 4.69) is 27.8 Å². The molecule has 3 rings (SSSR count). The smallest absolute Gasteiger partial charge is 0.0336 e. The van der Waals surface area contributed by atoms with Gasteiger partial charge in [0.1, 0.15) is 0 Å². The number of pyridine rings is 1. The monoisotopic (exact) mass is 245 g/mol. The molecular weight excluding hydrogens is 222 g/mol. The fourth-order valence-corrected chi connectivity index (χ4v) is 3.37. The van der Waals surface area contributed by atoms with Crippen LogP contribution in [0.4, 0.5) is 0 Å². The zero-order valence-electron chi connectivity index (χ0n) is 11.3. The van der Waals surface area contributed by atoms with Gasteiger partial charge in [-0.25, -0.2) is 0 Å². The van der Waals surface area contributed by atoms with Gasteiger partial charge < -0.3 is 0 Å². The first-order valence-corrected chi connectivity index (χ1v) is 7.22. The Bertz CT molecular complexity index is 379. The number of piperidine rings is 1. The molecule has 0 aromatic carbocycles. The van der Waals surface area contributed by atoms with Gasteiger partial charge in [-0.2, -0.15) is 0 Å². The number of fused-ring (bicyclic) bond motifs is 1. The van der Waals surface area contributed by atoms with Gasteiger partial charge in [0.05, 0.1) is 0 Å². The first-order chi connectivity index (χ1) is 8.84. The highest BCUT2D eigenvalue weighted by Gasteiger charge is 2.31. The van der Waals surface area contributed by atoms with Crippen molar-refractivity contribution in [3.8, 4) is 0 Å². The lowest BCUT2D eigenvalue weighted by Crippen LogP contribution is -2.55. The van der Waals surface area contributed by atoms with Crippen molar-refractivity contribution < 1.29 is 0 Å². The van der Waals surface area contributed by atoms with Crippen LogP contribution in [0.1, 0.15) is 37.8 Å². The van der Waals surface area contributed by atoms with Crippen molar-refractivity contribution >= 4 is 0 Å². The van der Waals surface area contributed by atoms with Gasteiger partial charge in [0.15, 0.2) is 0 Å². The molecule has 0 amide bonds. The van der Waals surface area contributed by atoms with Crippen LogP contribution in [0.5, 0.6) is 0 Å². The molecule has 0 saturated carbocycles. The van der Waals surface area contributed by atoms with E-state index in [1.165, 1.54) is 51.0 Å². The third kappa shape index (κ3) is 2.43. The predicted octanol–water partition coefficient (Wildman–Crippen LogP) is 2.31. The number of hydrogen-bond acceptors (Lipinski definition) is 3. The van der Waals surface area contributed by atoms with Crippen LogP contribution < -0.4 is 0 Å². The third-order valence-corrected chi connectivity index (χ3v) is 4.58. The molecule has 3 heterocycles. The van der Waals surface area contributed by atoms with Crippen molar-refractivity contribution in [3.63, 3.8) is 0 Å². The molecule has 0 N–H and O–H groups in total. The summed E-state index contributed by atoms with van der Waals surface area (Å²) in [6.07, 6.45) is 8.06. The lowest BCUT2D eigenvalue weighted by molar-refractivity contribution is 0.0307. The van der Waals surface area contributed by atoms with Crippen LogP contribution in [0.25, 0.3) is 0 Å². The molecule has 18 heavy (non-hydrogen) atoms. The average Bonchev–Trinajstić information content (AvgIpc) is 2.47. The summed E-state index contributed by atoms with van der Waals surface area (Å²) in [6, 6.07) is 5.54. The first kappa shape index (κ1) is 12.1. The van der Waals surface area contributed by atoms with E-state index in [1.807, 2.05) is 18.5 Å². The van der Waals surface area contributed by atoms with E-state index in [-0.39, 0.29) is 0 Å². The van der Waals surface area contributed by atoms with Crippen LogP contribution >= 0.6 is 0 Å². The van der Waals surface area contributed by atoms with Crippen molar-refractivity contribution in [1.82, 2.24) is 14.8 Å². The molecule has 3 heteroatoms. The number of aromatic nitrogens is 1. The normalized spacial score (nSPS) is 27.7. The van der Waals surface area contributed by atoms with E-state index in [9.17, 15) is 0 Å². The standard InChI is InChI=1S/C15H23N3/c1-13(14-5-4-7-16-11-14)18-10-9-17-8-3-2-6-15(17)12-18/h4-5,7,11,13,15H,2-3,6,8-10,12H2,1H3. The molecule has 1 aromatic rings. The quantitative estimate of drug-likeness (QED) is 0.797. The van der Waals surface area contributed by atoms with Crippen molar-refractivity contribution in [3.05, 3.63) is 30.1 Å². The summed E-state index contributed by atoms with van der Waals surface area (Å²) < 4.78 is 0. The molecule has 1 aromatic heterocycles. The Hall–Kier alpha value is -0.930. The number of rotatable bonds is 2. The Morgan fingerprint density at radius 3 is 3.06 bits per heavy atom. The van der Waals surface area contributed by atoms with Crippen molar-refractivity contribution in [2.45, 2.75) is 38.3 Å². The molecule has 2 aliphatic rings. The molecule has 2 saturated heterocycles. The number of piperazine rings is 1. The van der Waals surface area contributed by atoms with E-state index in [4.69, 9.17) is 0 Å². The van der Waals surface area contributed by atoms with E-state index >= 15 is 0 Å². The predicted molar refractivity (Wildman–Crippen MR) is 73.4 cm³/mol. The second-order valence-corrected chi connectivity index (χ2v) is 5.64. The molecule has 0 radical (unpaired) electrons. The van der Waals surface area contributed by atoms with Gasteiger partial charge in [-0.15, -0.1) is 0 Å². The van der Waals surface area contributed by atoms with Gasteiger partial charge in [-0.05, 0) is 37.9 Å². The largest absolute Gasteiger partial charge is 0.298 e. The molecule has 0 spiro atoms. The van der Waals surface area contributed by atoms with E-state index < -0.39 is 0 Å². The molecular formula is C15H23N3. The summed E-state index contributed by atoms with van der Waals surface area (Å²) in [7, 11) is 0. The van der Waals surface area contributed by atoms with Gasteiger partial charge in [0, 0.05) is 44.1 Å². The van der Waals surface area contributed by atoms with Crippen molar-refractivity contribution in [1.29, 1.82) is 0 Å². The molecule has 2 atom stereocenters. The minimum absolute atomic E-state index is 0.503. The summed E-state index contributed by atoms with van der Waals surface area (Å²) in [4.78, 5) is 9.56. The fraction of sp³-hybridized carbons (Fsp3) is 0.667. The highest BCUT2D eigenvalue weighted by Crippen LogP contribution is 2.26. The summed E-state index contributed by atoms with van der Waals surface area (Å²) in [5.74, 6) is 0. The molecule has 0 aliphatic carbocycles. The van der Waals surface area contributed by atoms with E-state index in [0.717, 1.165) is 6.04 Å². The van der Waals surface area contributed by atoms with Gasteiger partial charge in [0.25, 0.3) is 0 Å². The van der Waals surface area contributed by atoms with Crippen LogP contribution in [-0.2, 0) is 0 Å². The van der Waals surface area contributed by atoms with Gasteiger partial charge in [-0.1, -0.05) is 12.5 Å². The minimum atomic E-state index is 0.503. The van der Waals surface area contributed by atoms with Crippen LogP contribution in [0, 0.1) is 0 Å². The summed E-state index contributed by atoms with van der Waals surface area (Å²) in [5, 5.41) is 0. The number of hydrogen-bond donors (Lipinski definition) is 0. The van der Waals surface area contributed by atoms with Crippen LogP contribution in [0.2, 0.25) is 0 Å². The average molecular weight is 245 g/mol. The SMILES string of the molecule is CC(c1cccnc1)N1CCN2CCCCC2C1. The van der Waals surface area contributed by atoms with Crippen LogP contribution in [0.15, 0.2) is 24.5 Å². The molecule has 2 unspecified atom stereocenters. The van der Waals surface area contributed by atoms with Gasteiger partial charge in [-0.3, -0.25) is 14.8 Å². The topological polar surface area (TPSA) is 19.4 Å². The molecule has 2 aliphatic heterocycles. The maximum atomic E-state index is 4.24. The Labute approximate surface area is 110 Å². The second kappa shape index (κ2) is 5.37. The summed E-state index contributed by atoms with van der Waals surface area (Å²) >= 11 is 0. The first-order valence-electron chi connectivity index (χ1n) is 7.22. The second-order valence-electron chi connectivity index (χ2n) is 5.64. The lowest BCUT2D eigenvalue weighted by atomic mass is 9.98. The van der Waals surface area contributed by atoms with Gasteiger partial charge >= 0.3 is 0 Å². The lowest BCUT2D eigenvalue weighted by Gasteiger charge is -2.46. The summed E-state index contributed by atoms with van der Waals surface area (Å²) in [5.41, 5.74) is 1.35. The van der Waals surface area contributed by atoms with Crippen molar-refractivity contribution in [2.75, 3.05) is 26.2 Å². The Balaban J connectivity index is 1.67. The highest BCUT2D eigenvalue weighted by molar-refractivity contribution is 5.13. The van der Waals surface area contributed by atoms with E-state index in [1.54, 1.807) is 0 Å². The molecule has 0 bridgehead atoms. The number of nitrogens with zero attached hydrogens (tertiary/aromatic N) is 3. The highest BCUT2D eigenvalue weighted by atomic mass is 15.3. The van der Waals surface area contributed by atoms with Crippen LogP contribution in [0.3, 0.4) is 0 Å². The molecule has 98 valence electrons. The Morgan fingerprint density at radius 2 is 2.22 bits per heavy atom. The Kier molecular flexibility index (Phi) is 3.62. The zero-order valence-corrected chi connectivity index (χ0v) is 11.3. The van der Waals surface area contributed by atoms with Crippen molar-refractivity contribution in [2.24, 2.45) is 0 Å². The van der Waals surface area contributed by atoms with Gasteiger partial charge in [0.2, 0.25) is 0 Å². The van der Waals surface area contributed by atoms with E-state index in [0.29, 0.717) is 6.04 Å². The molecule has 2 fully saturated rings. The Morgan fingerprint density at radius 1 is 1.28 bits per heavy atom.